The van der Waals surface area contributed by atoms with Crippen molar-refractivity contribution < 1.29 is 53.7 Å². The minimum Gasteiger partial charge on any atom is -0.443 e. The predicted octanol–water partition coefficient (Wildman–Crippen LogP) is 4.33. The fraction of sp³-hybridized carbons (Fsp3) is 0.714. The number of allylic oxidation sites excluding steroid dienone is 1. The van der Waals surface area contributed by atoms with Gasteiger partial charge in [-0.1, -0.05) is 12.8 Å². The Kier molecular flexibility index (Phi) is 9.82. The predicted molar refractivity (Wildman–Crippen MR) is 119 cm³/mol. The Bertz CT molecular complexity index is 1030. The molecule has 0 bridgehead atoms. The van der Waals surface area contributed by atoms with Crippen molar-refractivity contribution in [2.24, 2.45) is 11.3 Å². The Labute approximate surface area is 203 Å². The van der Waals surface area contributed by atoms with Gasteiger partial charge in [-0.25, -0.2) is 0 Å². The van der Waals surface area contributed by atoms with Crippen LogP contribution in [0.3, 0.4) is 0 Å². The third-order valence-electron chi connectivity index (χ3n) is 5.06. The molecule has 0 spiro atoms. The van der Waals surface area contributed by atoms with Gasteiger partial charge >= 0.3 is 29.2 Å². The van der Waals surface area contributed by atoms with Crippen molar-refractivity contribution in [2.75, 3.05) is 13.2 Å². The van der Waals surface area contributed by atoms with Crippen LogP contribution in [0.2, 0.25) is 0 Å². The van der Waals surface area contributed by atoms with Crippen LogP contribution in [0.4, 0.5) is 13.2 Å². The Morgan fingerprint density at radius 3 is 2.20 bits per heavy atom. The topological polar surface area (TPSA) is 122 Å². The van der Waals surface area contributed by atoms with E-state index in [0.29, 0.717) is 0 Å². The van der Waals surface area contributed by atoms with Crippen molar-refractivity contribution in [3.63, 3.8) is 0 Å². The van der Waals surface area contributed by atoms with E-state index >= 15 is 0 Å². The van der Waals surface area contributed by atoms with Gasteiger partial charge in [0, 0.05) is 11.8 Å². The Hall–Kier alpha value is -1.87. The van der Waals surface area contributed by atoms with Crippen LogP contribution in [0, 0.1) is 23.7 Å². The van der Waals surface area contributed by atoms with E-state index in [9.17, 15) is 35.7 Å². The number of rotatable bonds is 12. The van der Waals surface area contributed by atoms with Crippen LogP contribution in [0.1, 0.15) is 54.4 Å². The van der Waals surface area contributed by atoms with Crippen LogP contribution < -0.4 is 0 Å². The number of ether oxygens (including phenoxy) is 1. The van der Waals surface area contributed by atoms with Crippen molar-refractivity contribution in [1.29, 1.82) is 0 Å². The summed E-state index contributed by atoms with van der Waals surface area (Å²) >= 11 is 0. The minimum atomic E-state index is -6.24. The highest BCUT2D eigenvalue weighted by atomic mass is 32.2. The summed E-state index contributed by atoms with van der Waals surface area (Å²) in [5, 5.41) is 0. The summed E-state index contributed by atoms with van der Waals surface area (Å²) in [6.45, 7) is 8.23. The molecule has 1 unspecified atom stereocenters. The van der Waals surface area contributed by atoms with E-state index in [4.69, 9.17) is 20.2 Å². The molecule has 0 N–H and O–H groups in total. The largest absolute Gasteiger partial charge is 0.534 e. The van der Waals surface area contributed by atoms with Gasteiger partial charge in [-0.3, -0.25) is 14.2 Å². The Morgan fingerprint density at radius 2 is 1.77 bits per heavy atom. The summed E-state index contributed by atoms with van der Waals surface area (Å²) in [6, 6.07) is 0. The van der Waals surface area contributed by atoms with Crippen LogP contribution in [0.5, 0.6) is 0 Å². The van der Waals surface area contributed by atoms with E-state index in [1.54, 1.807) is 0 Å². The lowest BCUT2D eigenvalue weighted by Gasteiger charge is -2.34. The fourth-order valence-corrected chi connectivity index (χ4v) is 5.63. The summed E-state index contributed by atoms with van der Waals surface area (Å²) < 4.78 is 96.1. The highest BCUT2D eigenvalue weighted by Crippen LogP contribution is 2.56. The smallest absolute Gasteiger partial charge is 0.443 e. The molecule has 0 aliphatic heterocycles. The average Bonchev–Trinajstić information content (AvgIpc) is 3.00. The second kappa shape index (κ2) is 11.0. The van der Waals surface area contributed by atoms with E-state index in [1.807, 2.05) is 0 Å². The van der Waals surface area contributed by atoms with Crippen molar-refractivity contribution in [1.82, 2.24) is 0 Å². The molecule has 1 aliphatic rings. The maximum Gasteiger partial charge on any atom is 0.534 e. The standard InChI is InChI=1S/C21H30F3O9PS/c1-8-19(6,7)13-17(25)32-20(18(26)15(5)34(27,30-9-2)31-10-3)12-14(4)11-16(20)33-35(28,29)21(22,23)24/h1,11,14-15H,9-10,12-13H2,2-7H3/t14-,15?,20+/m0/s1. The highest BCUT2D eigenvalue weighted by Gasteiger charge is 2.60. The third-order valence-corrected chi connectivity index (χ3v) is 8.45. The fourth-order valence-electron chi connectivity index (χ4n) is 3.37. The first-order valence-electron chi connectivity index (χ1n) is 10.7. The molecule has 200 valence electrons. The van der Waals surface area contributed by atoms with Crippen molar-refractivity contribution in [3.8, 4) is 12.3 Å². The molecule has 3 atom stereocenters. The minimum absolute atomic E-state index is 0.143. The summed E-state index contributed by atoms with van der Waals surface area (Å²) in [5.74, 6) is -1.81. The molecule has 35 heavy (non-hydrogen) atoms. The number of alkyl halides is 3. The molecule has 0 amide bonds. The van der Waals surface area contributed by atoms with E-state index < -0.39 is 76.2 Å². The van der Waals surface area contributed by atoms with Gasteiger partial charge in [-0.2, -0.15) is 21.6 Å². The number of hydrogen-bond acceptors (Lipinski definition) is 9. The first-order valence-corrected chi connectivity index (χ1v) is 13.7. The molecular weight excluding hydrogens is 516 g/mol. The Balaban J connectivity index is 3.66. The lowest BCUT2D eigenvalue weighted by molar-refractivity contribution is -0.167. The molecular formula is C21H30F3O9PS. The molecule has 0 saturated heterocycles. The summed E-state index contributed by atoms with van der Waals surface area (Å²) in [4.78, 5) is 26.4. The summed E-state index contributed by atoms with van der Waals surface area (Å²) in [5.41, 5.74) is -11.2. The highest BCUT2D eigenvalue weighted by molar-refractivity contribution is 7.87. The van der Waals surface area contributed by atoms with Crippen LogP contribution in [0.25, 0.3) is 0 Å². The normalized spacial score (nSPS) is 22.2. The number of carbonyl (C=O) groups is 2. The van der Waals surface area contributed by atoms with Gasteiger partial charge in [-0.15, -0.1) is 6.42 Å². The number of carbonyl (C=O) groups excluding carboxylic acids is 2. The molecule has 1 rings (SSSR count). The SMILES string of the molecule is C#CC(C)(C)CC(=O)O[C@]1(C(=O)C(C)P(=O)(OCC)OCC)C[C@@H](C)C=C1OS(=O)(=O)C(F)(F)F. The molecule has 0 radical (unpaired) electrons. The quantitative estimate of drug-likeness (QED) is 0.116. The van der Waals surface area contributed by atoms with E-state index in [0.717, 1.165) is 13.0 Å². The number of Topliss-reactive ketones (excluding diaryl/α,β-unsaturated/α-hetero) is 1. The van der Waals surface area contributed by atoms with Crippen molar-refractivity contribution in [3.05, 3.63) is 11.8 Å². The molecule has 0 aromatic heterocycles. The van der Waals surface area contributed by atoms with Gasteiger partial charge in [0.1, 0.15) is 5.66 Å². The third kappa shape index (κ3) is 7.09. The zero-order valence-electron chi connectivity index (χ0n) is 20.3. The van der Waals surface area contributed by atoms with Gasteiger partial charge in [-0.05, 0) is 46.6 Å². The van der Waals surface area contributed by atoms with Crippen LogP contribution in [-0.2, 0) is 42.2 Å². The van der Waals surface area contributed by atoms with Gasteiger partial charge in [0.25, 0.3) is 0 Å². The molecule has 0 fully saturated rings. The van der Waals surface area contributed by atoms with Crippen molar-refractivity contribution in [2.45, 2.75) is 71.2 Å². The van der Waals surface area contributed by atoms with Gasteiger partial charge in [0.15, 0.2) is 11.5 Å². The number of ketones is 1. The Morgan fingerprint density at radius 1 is 1.26 bits per heavy atom. The van der Waals surface area contributed by atoms with Gasteiger partial charge in [0.05, 0.1) is 19.6 Å². The molecule has 1 aliphatic carbocycles. The van der Waals surface area contributed by atoms with Crippen LogP contribution in [0.15, 0.2) is 11.8 Å². The van der Waals surface area contributed by atoms with Gasteiger partial charge < -0.3 is 18.0 Å². The van der Waals surface area contributed by atoms with Gasteiger partial charge in [0.2, 0.25) is 5.60 Å². The molecule has 0 aromatic rings. The molecule has 0 saturated carbocycles. The maximum absolute atomic E-state index is 13.7. The monoisotopic (exact) mass is 546 g/mol. The van der Waals surface area contributed by atoms with Crippen molar-refractivity contribution >= 4 is 29.5 Å². The van der Waals surface area contributed by atoms with Crippen LogP contribution in [-0.4, -0.2) is 50.2 Å². The second-order valence-electron chi connectivity index (χ2n) is 8.62. The maximum atomic E-state index is 13.7. The number of hydrogen-bond donors (Lipinski definition) is 0. The first-order chi connectivity index (χ1) is 15.8. The number of halogens is 3. The molecule has 14 heteroatoms. The average molecular weight is 546 g/mol. The second-order valence-corrected chi connectivity index (χ2v) is 12.5. The molecule has 9 nitrogen and oxygen atoms in total. The van der Waals surface area contributed by atoms with E-state index in [1.165, 1.54) is 34.6 Å². The molecule has 0 aromatic carbocycles. The molecule has 0 heterocycles. The lowest BCUT2D eigenvalue weighted by atomic mass is 9.89. The zero-order chi connectivity index (χ0) is 27.5. The zero-order valence-corrected chi connectivity index (χ0v) is 22.0. The first kappa shape index (κ1) is 31.2. The van der Waals surface area contributed by atoms with E-state index in [2.05, 4.69) is 10.1 Å². The summed E-state index contributed by atoms with van der Waals surface area (Å²) in [7, 11) is -10.5. The number of esters is 1. The summed E-state index contributed by atoms with van der Waals surface area (Å²) in [6.07, 6.45) is 5.37. The van der Waals surface area contributed by atoms with E-state index in [-0.39, 0.29) is 13.2 Å². The number of terminal acetylenes is 1. The lowest BCUT2D eigenvalue weighted by Crippen LogP contribution is -2.50. The van der Waals surface area contributed by atoms with Crippen LogP contribution >= 0.6 is 7.60 Å².